The van der Waals surface area contributed by atoms with Crippen molar-refractivity contribution in [1.82, 2.24) is 9.97 Å². The van der Waals surface area contributed by atoms with Gasteiger partial charge in [0.15, 0.2) is 0 Å². The minimum Gasteiger partial charge on any atom is -0.500 e. The van der Waals surface area contributed by atoms with E-state index in [1.165, 1.54) is 11.1 Å². The zero-order valence-corrected chi connectivity index (χ0v) is 23.8. The molecule has 0 amide bonds. The van der Waals surface area contributed by atoms with Gasteiger partial charge in [0.1, 0.15) is 5.58 Å². The van der Waals surface area contributed by atoms with Crippen LogP contribution in [0.5, 0.6) is 0 Å². The molecule has 0 bridgehead atoms. The number of fused-ring (bicyclic) bond motifs is 3. The van der Waals surface area contributed by atoms with Crippen molar-refractivity contribution in [2.45, 2.75) is 33.6 Å². The SMILES string of the molecule is Cc1cccc2c1oc1c(-c3ccccn3)[c-]ccc12.Cc1cnc(-c2[c-]cccc2)cc1C(C)C.[Ir]. The standard InChI is InChI=1S/C18H12NO.C15H16N.Ir/c1-12-6-4-7-13-14-8-5-9-15(18(14)20-17(12)13)16-10-2-3-11-19-16;1-11(2)14-9-15(16-10-12(14)3)13-7-5-4-6-8-13;/h2-8,10-11H,1H3;4-7,9-11H,1-3H3;/q2*-1;. The van der Waals surface area contributed by atoms with Gasteiger partial charge in [0.05, 0.1) is 5.58 Å². The molecule has 0 aliphatic carbocycles. The van der Waals surface area contributed by atoms with Crippen LogP contribution in [0.25, 0.3) is 44.5 Å². The molecule has 3 aromatic carbocycles. The van der Waals surface area contributed by atoms with Crippen molar-refractivity contribution in [3.8, 4) is 22.5 Å². The number of aryl methyl sites for hydroxylation is 2. The fourth-order valence-corrected chi connectivity index (χ4v) is 4.47. The van der Waals surface area contributed by atoms with E-state index in [1.54, 1.807) is 6.20 Å². The summed E-state index contributed by atoms with van der Waals surface area (Å²) in [4.78, 5) is 8.86. The van der Waals surface area contributed by atoms with Crippen LogP contribution in [0.1, 0.15) is 36.5 Å². The molecule has 187 valence electrons. The third kappa shape index (κ3) is 5.56. The van der Waals surface area contributed by atoms with E-state index < -0.39 is 0 Å². The fraction of sp³-hybridized carbons (Fsp3) is 0.152. The Morgan fingerprint density at radius 1 is 0.730 bits per heavy atom. The first-order valence-corrected chi connectivity index (χ1v) is 12.2. The summed E-state index contributed by atoms with van der Waals surface area (Å²) in [7, 11) is 0. The maximum absolute atomic E-state index is 6.10. The van der Waals surface area contributed by atoms with Crippen LogP contribution in [-0.4, -0.2) is 9.97 Å². The first-order chi connectivity index (χ1) is 17.5. The molecule has 0 N–H and O–H groups in total. The molecular weight excluding hydrogens is 633 g/mol. The topological polar surface area (TPSA) is 38.9 Å². The van der Waals surface area contributed by atoms with E-state index in [0.717, 1.165) is 50.0 Å². The molecule has 0 unspecified atom stereocenters. The van der Waals surface area contributed by atoms with Crippen LogP contribution in [0.4, 0.5) is 0 Å². The van der Waals surface area contributed by atoms with Crippen molar-refractivity contribution in [1.29, 1.82) is 0 Å². The first kappa shape index (κ1) is 26.5. The zero-order valence-electron chi connectivity index (χ0n) is 21.4. The molecule has 6 rings (SSSR count). The van der Waals surface area contributed by atoms with Crippen LogP contribution < -0.4 is 0 Å². The van der Waals surface area contributed by atoms with Crippen molar-refractivity contribution in [2.24, 2.45) is 0 Å². The van der Waals surface area contributed by atoms with Crippen molar-refractivity contribution in [3.05, 3.63) is 120 Å². The van der Waals surface area contributed by atoms with Gasteiger partial charge in [-0.2, -0.15) is 0 Å². The molecule has 0 saturated carbocycles. The number of para-hydroxylation sites is 1. The van der Waals surface area contributed by atoms with Gasteiger partial charge in [0.25, 0.3) is 0 Å². The number of benzene rings is 3. The van der Waals surface area contributed by atoms with Crippen molar-refractivity contribution < 1.29 is 24.5 Å². The summed E-state index contributed by atoms with van der Waals surface area (Å²) in [5.74, 6) is 0.533. The molecule has 4 heteroatoms. The van der Waals surface area contributed by atoms with Gasteiger partial charge in [-0.1, -0.05) is 61.2 Å². The molecule has 0 spiro atoms. The van der Waals surface area contributed by atoms with Crippen molar-refractivity contribution in [3.63, 3.8) is 0 Å². The number of aromatic nitrogens is 2. The number of nitrogens with zero attached hydrogens (tertiary/aromatic N) is 2. The quantitative estimate of drug-likeness (QED) is 0.178. The van der Waals surface area contributed by atoms with E-state index >= 15 is 0 Å². The molecule has 0 atom stereocenters. The first-order valence-electron chi connectivity index (χ1n) is 12.2. The van der Waals surface area contributed by atoms with E-state index in [0.29, 0.717) is 5.92 Å². The Morgan fingerprint density at radius 3 is 2.27 bits per heavy atom. The summed E-state index contributed by atoms with van der Waals surface area (Å²) in [6, 6.07) is 32.6. The predicted molar refractivity (Wildman–Crippen MR) is 148 cm³/mol. The Balaban J connectivity index is 0.000000173. The summed E-state index contributed by atoms with van der Waals surface area (Å²) >= 11 is 0. The Bertz CT molecular complexity index is 1620. The van der Waals surface area contributed by atoms with Gasteiger partial charge in [-0.25, -0.2) is 0 Å². The Hall–Kier alpha value is -3.59. The molecule has 3 nitrogen and oxygen atoms in total. The number of furan rings is 1. The van der Waals surface area contributed by atoms with Crippen LogP contribution in [0.3, 0.4) is 0 Å². The summed E-state index contributed by atoms with van der Waals surface area (Å²) < 4.78 is 6.10. The van der Waals surface area contributed by atoms with Crippen molar-refractivity contribution >= 4 is 21.9 Å². The summed E-state index contributed by atoms with van der Waals surface area (Å²) in [5, 5.41) is 2.26. The van der Waals surface area contributed by atoms with Gasteiger partial charge in [-0.05, 0) is 53.9 Å². The van der Waals surface area contributed by atoms with Crippen LogP contribution in [-0.2, 0) is 20.1 Å². The van der Waals surface area contributed by atoms with E-state index in [-0.39, 0.29) is 20.1 Å². The van der Waals surface area contributed by atoms with Gasteiger partial charge in [0.2, 0.25) is 0 Å². The predicted octanol–water partition coefficient (Wildman–Crippen LogP) is 8.73. The second kappa shape index (κ2) is 11.6. The Labute approximate surface area is 232 Å². The second-order valence-electron chi connectivity index (χ2n) is 9.22. The van der Waals surface area contributed by atoms with Crippen LogP contribution in [0.15, 0.2) is 95.7 Å². The molecule has 6 aromatic rings. The zero-order chi connectivity index (χ0) is 25.1. The molecule has 0 saturated heterocycles. The van der Waals surface area contributed by atoms with Gasteiger partial charge in [-0.3, -0.25) is 0 Å². The molecule has 0 aliphatic heterocycles. The Morgan fingerprint density at radius 2 is 1.54 bits per heavy atom. The van der Waals surface area contributed by atoms with Crippen LogP contribution in [0, 0.1) is 26.0 Å². The van der Waals surface area contributed by atoms with Crippen LogP contribution in [0.2, 0.25) is 0 Å². The molecule has 3 aromatic heterocycles. The molecular formula is C33H28IrN2O-2. The van der Waals surface area contributed by atoms with Gasteiger partial charge < -0.3 is 14.4 Å². The van der Waals surface area contributed by atoms with Gasteiger partial charge >= 0.3 is 0 Å². The molecule has 37 heavy (non-hydrogen) atoms. The summed E-state index contributed by atoms with van der Waals surface area (Å²) in [5.41, 5.74) is 9.44. The normalized spacial score (nSPS) is 10.7. The number of pyridine rings is 2. The third-order valence-electron chi connectivity index (χ3n) is 6.33. The monoisotopic (exact) mass is 661 g/mol. The smallest absolute Gasteiger partial charge is 0.123 e. The van der Waals surface area contributed by atoms with Crippen LogP contribution >= 0.6 is 0 Å². The van der Waals surface area contributed by atoms with Gasteiger partial charge in [-0.15, -0.1) is 54.1 Å². The largest absolute Gasteiger partial charge is 0.500 e. The third-order valence-corrected chi connectivity index (χ3v) is 6.33. The maximum atomic E-state index is 6.10. The fourth-order valence-electron chi connectivity index (χ4n) is 4.47. The Kier molecular flexibility index (Phi) is 8.33. The summed E-state index contributed by atoms with van der Waals surface area (Å²) in [6.07, 6.45) is 3.74. The van der Waals surface area contributed by atoms with Gasteiger partial charge in [0, 0.05) is 37.9 Å². The minimum atomic E-state index is 0. The average Bonchev–Trinajstić information content (AvgIpc) is 3.31. The maximum Gasteiger partial charge on any atom is 0.123 e. The van der Waals surface area contributed by atoms with E-state index in [1.807, 2.05) is 60.8 Å². The molecule has 3 heterocycles. The van der Waals surface area contributed by atoms with E-state index in [2.05, 4.69) is 74.1 Å². The number of hydrogen-bond donors (Lipinski definition) is 0. The van der Waals surface area contributed by atoms with E-state index in [9.17, 15) is 0 Å². The molecule has 0 aliphatic rings. The molecule has 1 radical (unpaired) electrons. The van der Waals surface area contributed by atoms with Crippen molar-refractivity contribution in [2.75, 3.05) is 0 Å². The number of rotatable bonds is 3. The average molecular weight is 661 g/mol. The molecule has 0 fully saturated rings. The number of hydrogen-bond acceptors (Lipinski definition) is 3. The summed E-state index contributed by atoms with van der Waals surface area (Å²) in [6.45, 7) is 8.59. The van der Waals surface area contributed by atoms with E-state index in [4.69, 9.17) is 4.42 Å². The second-order valence-corrected chi connectivity index (χ2v) is 9.22. The minimum absolute atomic E-state index is 0.